The van der Waals surface area contributed by atoms with Crippen molar-refractivity contribution < 1.29 is 29.6 Å². The molecule has 30 heavy (non-hydrogen) atoms. The van der Waals surface area contributed by atoms with Gasteiger partial charge in [-0.15, -0.1) is 0 Å². The second-order valence-corrected chi connectivity index (χ2v) is 11.1. The molecule has 5 aliphatic rings. The van der Waals surface area contributed by atoms with E-state index in [0.29, 0.717) is 5.92 Å². The summed E-state index contributed by atoms with van der Waals surface area (Å²) in [6, 6.07) is 0. The third-order valence-corrected chi connectivity index (χ3v) is 9.54. The van der Waals surface area contributed by atoms with Crippen molar-refractivity contribution in [3.8, 4) is 0 Å². The summed E-state index contributed by atoms with van der Waals surface area (Å²) in [5.74, 6) is 0.441. The van der Waals surface area contributed by atoms with Crippen LogP contribution < -0.4 is 0 Å². The zero-order chi connectivity index (χ0) is 21.3. The standard InChI is InChI=1S/C24H36O6/c1-13-10-24-7-5-17-15(21(28)30-22-19(27)8-14(25)12-29-22)4-3-6-23(17,2)20(24)9-18(26)16(13)11-24/h14-20,22,25-27H,1,3-12H2,2H3. The number of rotatable bonds is 2. The summed E-state index contributed by atoms with van der Waals surface area (Å²) in [7, 11) is 0. The molecule has 1 saturated heterocycles. The molecule has 6 heteroatoms. The molecular weight excluding hydrogens is 384 g/mol. The molecular formula is C24H36O6. The fraction of sp³-hybridized carbons (Fsp3) is 0.875. The van der Waals surface area contributed by atoms with E-state index in [0.717, 1.165) is 51.4 Å². The van der Waals surface area contributed by atoms with Gasteiger partial charge in [0.05, 0.1) is 24.7 Å². The first-order valence-corrected chi connectivity index (χ1v) is 11.8. The molecule has 0 aromatic rings. The lowest BCUT2D eigenvalue weighted by atomic mass is 9.43. The SMILES string of the molecule is C=C1CC23CCC4C(C(=O)OC5OCC(O)CC5O)CCCC4(C)C2CC(O)C1C3. The van der Waals surface area contributed by atoms with Crippen molar-refractivity contribution in [2.75, 3.05) is 6.61 Å². The van der Waals surface area contributed by atoms with Crippen molar-refractivity contribution in [3.05, 3.63) is 12.2 Å². The van der Waals surface area contributed by atoms with Gasteiger partial charge in [-0.2, -0.15) is 0 Å². The quantitative estimate of drug-likeness (QED) is 0.469. The predicted molar refractivity (Wildman–Crippen MR) is 109 cm³/mol. The summed E-state index contributed by atoms with van der Waals surface area (Å²) in [6.45, 7) is 6.72. The molecule has 10 unspecified atom stereocenters. The Bertz CT molecular complexity index is 722. The van der Waals surface area contributed by atoms with Crippen LogP contribution in [0.1, 0.15) is 64.7 Å². The van der Waals surface area contributed by atoms with E-state index in [2.05, 4.69) is 13.5 Å². The van der Waals surface area contributed by atoms with Crippen molar-refractivity contribution in [2.24, 2.45) is 34.5 Å². The van der Waals surface area contributed by atoms with Gasteiger partial charge in [-0.3, -0.25) is 4.79 Å². The van der Waals surface area contributed by atoms with Crippen LogP contribution in [-0.4, -0.2) is 52.5 Å². The highest BCUT2D eigenvalue weighted by atomic mass is 16.7. The number of hydrogen-bond acceptors (Lipinski definition) is 6. The molecule has 1 spiro atoms. The Hall–Kier alpha value is -0.950. The molecule has 0 aromatic heterocycles. The summed E-state index contributed by atoms with van der Waals surface area (Å²) in [5.41, 5.74) is 1.49. The molecule has 168 valence electrons. The van der Waals surface area contributed by atoms with Crippen LogP contribution in [0, 0.1) is 34.5 Å². The number of aliphatic hydroxyl groups excluding tert-OH is 3. The average Bonchev–Trinajstić information content (AvgIpc) is 2.98. The molecule has 1 heterocycles. The fourth-order valence-electron chi connectivity index (χ4n) is 8.23. The molecule has 4 saturated carbocycles. The number of ether oxygens (including phenoxy) is 2. The van der Waals surface area contributed by atoms with Crippen LogP contribution in [0.3, 0.4) is 0 Å². The Labute approximate surface area is 178 Å². The minimum Gasteiger partial charge on any atom is -0.433 e. The van der Waals surface area contributed by atoms with E-state index in [1.807, 2.05) is 0 Å². The third-order valence-electron chi connectivity index (χ3n) is 9.54. The van der Waals surface area contributed by atoms with Gasteiger partial charge >= 0.3 is 5.97 Å². The molecule has 4 aliphatic carbocycles. The van der Waals surface area contributed by atoms with Crippen molar-refractivity contribution >= 4 is 5.97 Å². The maximum atomic E-state index is 13.2. The number of hydrogen-bond donors (Lipinski definition) is 3. The van der Waals surface area contributed by atoms with E-state index in [9.17, 15) is 20.1 Å². The maximum absolute atomic E-state index is 13.2. The van der Waals surface area contributed by atoms with Crippen molar-refractivity contribution in [2.45, 2.75) is 89.3 Å². The molecule has 6 nitrogen and oxygen atoms in total. The van der Waals surface area contributed by atoms with Gasteiger partial charge in [0.15, 0.2) is 0 Å². The highest BCUT2D eigenvalue weighted by Gasteiger charge is 2.64. The van der Waals surface area contributed by atoms with E-state index >= 15 is 0 Å². The normalized spacial score (nSPS) is 53.0. The van der Waals surface area contributed by atoms with Gasteiger partial charge in [-0.1, -0.05) is 25.5 Å². The summed E-state index contributed by atoms with van der Waals surface area (Å²) >= 11 is 0. The predicted octanol–water partition coefficient (Wildman–Crippen LogP) is 2.55. The molecule has 5 fully saturated rings. The molecule has 2 bridgehead atoms. The first-order chi connectivity index (χ1) is 14.2. The van der Waals surface area contributed by atoms with Crippen LogP contribution in [0.4, 0.5) is 0 Å². The van der Waals surface area contributed by atoms with Crippen LogP contribution >= 0.6 is 0 Å². The van der Waals surface area contributed by atoms with Gasteiger partial charge in [0.1, 0.15) is 6.10 Å². The minimum atomic E-state index is -0.989. The van der Waals surface area contributed by atoms with E-state index in [1.54, 1.807) is 0 Å². The third kappa shape index (κ3) is 3.09. The second kappa shape index (κ2) is 7.29. The molecule has 10 atom stereocenters. The molecule has 5 rings (SSSR count). The topological polar surface area (TPSA) is 96.2 Å². The van der Waals surface area contributed by atoms with Gasteiger partial charge < -0.3 is 24.8 Å². The van der Waals surface area contributed by atoms with Crippen LogP contribution in [0.2, 0.25) is 0 Å². The number of carbonyl (C=O) groups excluding carboxylic acids is 1. The van der Waals surface area contributed by atoms with Crippen LogP contribution in [0.5, 0.6) is 0 Å². The Balaban J connectivity index is 1.35. The maximum Gasteiger partial charge on any atom is 0.311 e. The first-order valence-electron chi connectivity index (χ1n) is 11.8. The fourth-order valence-corrected chi connectivity index (χ4v) is 8.23. The lowest BCUT2D eigenvalue weighted by molar-refractivity contribution is -0.240. The van der Waals surface area contributed by atoms with Gasteiger partial charge in [0.25, 0.3) is 0 Å². The minimum absolute atomic E-state index is 0.0129. The van der Waals surface area contributed by atoms with Gasteiger partial charge in [0.2, 0.25) is 6.29 Å². The van der Waals surface area contributed by atoms with E-state index < -0.39 is 18.5 Å². The number of fused-ring (bicyclic) bond motifs is 3. The average molecular weight is 421 g/mol. The summed E-state index contributed by atoms with van der Waals surface area (Å²) in [4.78, 5) is 13.2. The van der Waals surface area contributed by atoms with Crippen molar-refractivity contribution in [3.63, 3.8) is 0 Å². The lowest BCUT2D eigenvalue weighted by Crippen LogP contribution is -2.57. The van der Waals surface area contributed by atoms with E-state index in [-0.39, 0.29) is 53.7 Å². The van der Waals surface area contributed by atoms with Gasteiger partial charge in [0, 0.05) is 12.3 Å². The lowest BCUT2D eigenvalue weighted by Gasteiger charge is -2.61. The summed E-state index contributed by atoms with van der Waals surface area (Å²) in [5, 5.41) is 30.6. The van der Waals surface area contributed by atoms with Crippen LogP contribution in [0.25, 0.3) is 0 Å². The largest absolute Gasteiger partial charge is 0.433 e. The number of carbonyl (C=O) groups is 1. The Kier molecular flexibility index (Phi) is 5.09. The molecule has 1 aliphatic heterocycles. The Morgan fingerprint density at radius 3 is 2.73 bits per heavy atom. The smallest absolute Gasteiger partial charge is 0.311 e. The molecule has 0 aromatic carbocycles. The summed E-state index contributed by atoms with van der Waals surface area (Å²) in [6.07, 6.45) is 5.05. The Morgan fingerprint density at radius 1 is 1.17 bits per heavy atom. The second-order valence-electron chi connectivity index (χ2n) is 11.1. The van der Waals surface area contributed by atoms with Crippen molar-refractivity contribution in [1.29, 1.82) is 0 Å². The molecule has 0 radical (unpaired) electrons. The van der Waals surface area contributed by atoms with E-state index in [1.165, 1.54) is 5.57 Å². The highest BCUT2D eigenvalue weighted by molar-refractivity contribution is 5.73. The first kappa shape index (κ1) is 20.9. The highest BCUT2D eigenvalue weighted by Crippen LogP contribution is 2.70. The van der Waals surface area contributed by atoms with Gasteiger partial charge in [-0.05, 0) is 67.6 Å². The number of esters is 1. The summed E-state index contributed by atoms with van der Waals surface area (Å²) < 4.78 is 11.0. The zero-order valence-electron chi connectivity index (χ0n) is 18.0. The van der Waals surface area contributed by atoms with Crippen molar-refractivity contribution in [1.82, 2.24) is 0 Å². The zero-order valence-corrected chi connectivity index (χ0v) is 18.0. The van der Waals surface area contributed by atoms with E-state index in [4.69, 9.17) is 9.47 Å². The Morgan fingerprint density at radius 2 is 1.97 bits per heavy atom. The number of aliphatic hydroxyl groups is 3. The van der Waals surface area contributed by atoms with Crippen LogP contribution in [0.15, 0.2) is 12.2 Å². The molecule has 0 amide bonds. The van der Waals surface area contributed by atoms with Crippen LogP contribution in [-0.2, 0) is 14.3 Å². The van der Waals surface area contributed by atoms with Gasteiger partial charge in [-0.25, -0.2) is 0 Å². The monoisotopic (exact) mass is 420 g/mol. The molecule has 3 N–H and O–H groups in total.